The number of amides is 2. The number of carbonyl (C=O) groups excluding carboxylic acids is 2. The van der Waals surface area contributed by atoms with E-state index in [4.69, 9.17) is 0 Å². The Balaban J connectivity index is 1.55. The summed E-state index contributed by atoms with van der Waals surface area (Å²) in [6, 6.07) is 3.56. The van der Waals surface area contributed by atoms with E-state index in [1.165, 1.54) is 11.3 Å². The van der Waals surface area contributed by atoms with Crippen molar-refractivity contribution >= 4 is 28.3 Å². The highest BCUT2D eigenvalue weighted by molar-refractivity contribution is 7.16. The van der Waals surface area contributed by atoms with Crippen molar-refractivity contribution in [1.29, 1.82) is 0 Å². The lowest BCUT2D eigenvalue weighted by Gasteiger charge is -2.20. The molecule has 0 radical (unpaired) electrons. The van der Waals surface area contributed by atoms with Crippen molar-refractivity contribution in [3.63, 3.8) is 0 Å². The van der Waals surface area contributed by atoms with Gasteiger partial charge in [0.25, 0.3) is 0 Å². The summed E-state index contributed by atoms with van der Waals surface area (Å²) in [6.07, 6.45) is 4.14. The summed E-state index contributed by atoms with van der Waals surface area (Å²) in [4.78, 5) is 35.4. The number of fused-ring (bicyclic) bond motifs is 1. The van der Waals surface area contributed by atoms with E-state index in [2.05, 4.69) is 25.5 Å². The molecular weight excluding hydrogens is 314 g/mol. The minimum Gasteiger partial charge on any atom is -0.344 e. The number of thiazole rings is 1. The lowest BCUT2D eigenvalue weighted by Crippen LogP contribution is -2.34. The summed E-state index contributed by atoms with van der Waals surface area (Å²) in [7, 11) is 2.05. The molecule has 2 aromatic heterocycles. The summed E-state index contributed by atoms with van der Waals surface area (Å²) >= 11 is 1.43. The monoisotopic (exact) mass is 331 g/mol. The van der Waals surface area contributed by atoms with Crippen LogP contribution in [0.2, 0.25) is 0 Å². The normalized spacial score (nSPS) is 14.1. The molecule has 3 heterocycles. The molecule has 0 bridgehead atoms. The Morgan fingerprint density at radius 3 is 2.87 bits per heavy atom. The average molecular weight is 331 g/mol. The zero-order chi connectivity index (χ0) is 16.2. The van der Waals surface area contributed by atoms with Crippen LogP contribution in [0.15, 0.2) is 24.5 Å². The van der Waals surface area contributed by atoms with Crippen molar-refractivity contribution in [2.24, 2.45) is 0 Å². The van der Waals surface area contributed by atoms with E-state index in [0.717, 1.165) is 35.6 Å². The van der Waals surface area contributed by atoms with E-state index in [9.17, 15) is 9.59 Å². The van der Waals surface area contributed by atoms with Crippen LogP contribution in [0.4, 0.5) is 5.13 Å². The van der Waals surface area contributed by atoms with Gasteiger partial charge in [-0.25, -0.2) is 4.98 Å². The van der Waals surface area contributed by atoms with E-state index >= 15 is 0 Å². The van der Waals surface area contributed by atoms with Gasteiger partial charge in [0, 0.05) is 43.3 Å². The molecule has 2 aromatic rings. The van der Waals surface area contributed by atoms with E-state index < -0.39 is 11.8 Å². The molecule has 0 saturated heterocycles. The van der Waals surface area contributed by atoms with Gasteiger partial charge in [-0.1, -0.05) is 0 Å². The zero-order valence-corrected chi connectivity index (χ0v) is 13.5. The maximum absolute atomic E-state index is 11.9. The van der Waals surface area contributed by atoms with Crippen molar-refractivity contribution in [2.45, 2.75) is 19.5 Å². The number of likely N-dealkylation sites (N-methyl/N-ethyl adjacent to an activating group) is 1. The summed E-state index contributed by atoms with van der Waals surface area (Å²) in [5.74, 6) is -1.37. The van der Waals surface area contributed by atoms with Crippen LogP contribution in [0.5, 0.6) is 0 Å². The van der Waals surface area contributed by atoms with E-state index in [0.29, 0.717) is 5.13 Å². The van der Waals surface area contributed by atoms with E-state index in [1.54, 1.807) is 24.5 Å². The second-order valence-electron chi connectivity index (χ2n) is 5.37. The van der Waals surface area contributed by atoms with Crippen molar-refractivity contribution in [3.05, 3.63) is 40.7 Å². The zero-order valence-electron chi connectivity index (χ0n) is 12.7. The number of hydrogen-bond acceptors (Lipinski definition) is 6. The minimum atomic E-state index is -0.696. The smallest absolute Gasteiger partial charge is 0.315 e. The van der Waals surface area contributed by atoms with Crippen LogP contribution in [0.25, 0.3) is 0 Å². The molecule has 2 N–H and O–H groups in total. The van der Waals surface area contributed by atoms with Gasteiger partial charge in [0.2, 0.25) is 0 Å². The summed E-state index contributed by atoms with van der Waals surface area (Å²) in [5.41, 5.74) is 1.90. The van der Waals surface area contributed by atoms with Gasteiger partial charge in [0.15, 0.2) is 5.13 Å². The summed E-state index contributed by atoms with van der Waals surface area (Å²) < 4.78 is 0. The first kappa shape index (κ1) is 15.6. The van der Waals surface area contributed by atoms with E-state index in [1.807, 2.05) is 7.05 Å². The van der Waals surface area contributed by atoms with Crippen LogP contribution in [-0.2, 0) is 29.1 Å². The third-order valence-electron chi connectivity index (χ3n) is 3.55. The van der Waals surface area contributed by atoms with Gasteiger partial charge in [0.05, 0.1) is 5.69 Å². The summed E-state index contributed by atoms with van der Waals surface area (Å²) in [6.45, 7) is 2.07. The Labute approximate surface area is 137 Å². The van der Waals surface area contributed by atoms with Gasteiger partial charge in [-0.15, -0.1) is 11.3 Å². The second kappa shape index (κ2) is 6.84. The highest BCUT2D eigenvalue weighted by Gasteiger charge is 2.21. The topological polar surface area (TPSA) is 87.2 Å². The fourth-order valence-electron chi connectivity index (χ4n) is 2.29. The third-order valence-corrected chi connectivity index (χ3v) is 4.55. The number of pyridine rings is 1. The molecule has 0 spiro atoms. The molecule has 0 atom stereocenters. The minimum absolute atomic E-state index is 0.286. The quantitative estimate of drug-likeness (QED) is 0.812. The Bertz CT molecular complexity index is 716. The number of anilines is 1. The molecule has 7 nitrogen and oxygen atoms in total. The number of hydrogen-bond donors (Lipinski definition) is 2. The molecule has 0 aromatic carbocycles. The maximum Gasteiger partial charge on any atom is 0.315 e. The van der Waals surface area contributed by atoms with Crippen LogP contribution in [-0.4, -0.2) is 40.3 Å². The number of carbonyl (C=O) groups is 2. The molecular formula is C15H17N5O2S. The second-order valence-corrected chi connectivity index (χ2v) is 6.45. The molecule has 1 aliphatic heterocycles. The number of rotatable bonds is 3. The van der Waals surface area contributed by atoms with Crippen molar-refractivity contribution in [2.75, 3.05) is 18.9 Å². The fraction of sp³-hybridized carbons (Fsp3) is 0.333. The summed E-state index contributed by atoms with van der Waals surface area (Å²) in [5, 5.41) is 5.63. The molecule has 0 saturated carbocycles. The van der Waals surface area contributed by atoms with Crippen molar-refractivity contribution < 1.29 is 9.59 Å². The molecule has 0 unspecified atom stereocenters. The lowest BCUT2D eigenvalue weighted by molar-refractivity contribution is -0.136. The average Bonchev–Trinajstić information content (AvgIpc) is 2.94. The predicted molar refractivity (Wildman–Crippen MR) is 86.9 cm³/mol. The van der Waals surface area contributed by atoms with Crippen LogP contribution in [0, 0.1) is 0 Å². The molecule has 0 fully saturated rings. The lowest BCUT2D eigenvalue weighted by atomic mass is 10.2. The molecule has 1 aliphatic rings. The maximum atomic E-state index is 11.9. The van der Waals surface area contributed by atoms with Gasteiger partial charge >= 0.3 is 11.8 Å². The fourth-order valence-corrected chi connectivity index (χ4v) is 3.38. The van der Waals surface area contributed by atoms with Crippen LogP contribution >= 0.6 is 11.3 Å². The molecule has 120 valence electrons. The van der Waals surface area contributed by atoms with Gasteiger partial charge in [-0.3, -0.25) is 19.9 Å². The molecule has 0 aliphatic carbocycles. The third kappa shape index (κ3) is 3.91. The number of nitrogens with zero attached hydrogens (tertiary/aromatic N) is 3. The SMILES string of the molecule is CN1CCc2nc(NC(=O)C(=O)NCc3ccncc3)sc2C1. The van der Waals surface area contributed by atoms with Crippen molar-refractivity contribution in [3.8, 4) is 0 Å². The van der Waals surface area contributed by atoms with Gasteiger partial charge in [0.1, 0.15) is 0 Å². The first-order valence-corrected chi connectivity index (χ1v) is 8.08. The Kier molecular flexibility index (Phi) is 4.63. The van der Waals surface area contributed by atoms with Crippen molar-refractivity contribution in [1.82, 2.24) is 20.2 Å². The molecule has 23 heavy (non-hydrogen) atoms. The highest BCUT2D eigenvalue weighted by atomic mass is 32.1. The molecule has 2 amide bonds. The van der Waals surface area contributed by atoms with E-state index in [-0.39, 0.29) is 6.54 Å². The predicted octanol–water partition coefficient (Wildman–Crippen LogP) is 0.781. The Hall–Kier alpha value is -2.32. The molecule has 8 heteroatoms. The molecule has 3 rings (SSSR count). The van der Waals surface area contributed by atoms with Crippen LogP contribution in [0.1, 0.15) is 16.1 Å². The van der Waals surface area contributed by atoms with Crippen LogP contribution in [0.3, 0.4) is 0 Å². The standard InChI is InChI=1S/C15H17N5O2S/c1-20-7-4-11-12(9-20)23-15(18-11)19-14(22)13(21)17-8-10-2-5-16-6-3-10/h2-3,5-6H,4,7-9H2,1H3,(H,17,21)(H,18,19,22). The first-order chi connectivity index (χ1) is 11.1. The van der Waals surface area contributed by atoms with Gasteiger partial charge in [-0.2, -0.15) is 0 Å². The highest BCUT2D eigenvalue weighted by Crippen LogP contribution is 2.27. The Morgan fingerprint density at radius 1 is 1.30 bits per heavy atom. The largest absolute Gasteiger partial charge is 0.344 e. The van der Waals surface area contributed by atoms with Gasteiger partial charge in [-0.05, 0) is 24.7 Å². The first-order valence-electron chi connectivity index (χ1n) is 7.27. The number of aromatic nitrogens is 2. The van der Waals surface area contributed by atoms with Crippen LogP contribution < -0.4 is 10.6 Å². The van der Waals surface area contributed by atoms with Gasteiger partial charge < -0.3 is 10.2 Å². The number of nitrogens with one attached hydrogen (secondary N) is 2. The Morgan fingerprint density at radius 2 is 2.09 bits per heavy atom.